The zero-order valence-electron chi connectivity index (χ0n) is 19.3. The van der Waals surface area contributed by atoms with Crippen molar-refractivity contribution in [2.45, 2.75) is 44.9 Å². The van der Waals surface area contributed by atoms with Crippen LogP contribution in [0.4, 0.5) is 5.69 Å². The highest BCUT2D eigenvalue weighted by molar-refractivity contribution is 8.00. The summed E-state index contributed by atoms with van der Waals surface area (Å²) in [6.07, 6.45) is 0.168. The maximum Gasteiger partial charge on any atom is 0.252 e. The van der Waals surface area contributed by atoms with Crippen LogP contribution in [-0.4, -0.2) is 23.7 Å². The fourth-order valence-electron chi connectivity index (χ4n) is 3.13. The maximum absolute atomic E-state index is 12.9. The lowest BCUT2D eigenvalue weighted by atomic mass is 10.1. The average molecular weight is 463 g/mol. The standard InChI is InChI=1S/C27H30N2O3S/c1-19(2)32-17-22-8-6-7-21(15-22)16-28-27(31)24-9-4-5-10-25(24)33-18-26(30)29-23-13-11-20(3)12-14-23/h4-15,19H,16-18H2,1-3H3,(H,28,31)(H,29,30). The molecule has 172 valence electrons. The van der Waals surface area contributed by atoms with E-state index in [1.165, 1.54) is 11.8 Å². The van der Waals surface area contributed by atoms with Gasteiger partial charge in [-0.3, -0.25) is 9.59 Å². The van der Waals surface area contributed by atoms with Gasteiger partial charge in [0, 0.05) is 17.1 Å². The number of aryl methyl sites for hydroxylation is 1. The third kappa shape index (κ3) is 8.08. The number of hydrogen-bond donors (Lipinski definition) is 2. The molecule has 0 aliphatic heterocycles. The van der Waals surface area contributed by atoms with Crippen LogP contribution in [0.25, 0.3) is 0 Å². The summed E-state index contributed by atoms with van der Waals surface area (Å²) < 4.78 is 5.66. The fraction of sp³-hybridized carbons (Fsp3) is 0.259. The van der Waals surface area contributed by atoms with Crippen LogP contribution >= 0.6 is 11.8 Å². The van der Waals surface area contributed by atoms with Gasteiger partial charge in [-0.2, -0.15) is 0 Å². The lowest BCUT2D eigenvalue weighted by Gasteiger charge is -2.12. The molecule has 0 saturated carbocycles. The normalized spacial score (nSPS) is 10.8. The van der Waals surface area contributed by atoms with Crippen LogP contribution in [0.2, 0.25) is 0 Å². The number of thioether (sulfide) groups is 1. The molecule has 3 aromatic rings. The van der Waals surface area contributed by atoms with E-state index in [9.17, 15) is 9.59 Å². The maximum atomic E-state index is 12.9. The van der Waals surface area contributed by atoms with Crippen molar-refractivity contribution in [3.05, 3.63) is 95.1 Å². The highest BCUT2D eigenvalue weighted by Crippen LogP contribution is 2.23. The Morgan fingerprint density at radius 2 is 1.67 bits per heavy atom. The largest absolute Gasteiger partial charge is 0.374 e. The zero-order valence-corrected chi connectivity index (χ0v) is 20.1. The second-order valence-electron chi connectivity index (χ2n) is 8.06. The summed E-state index contributed by atoms with van der Waals surface area (Å²) in [6.45, 7) is 6.98. The van der Waals surface area contributed by atoms with Crippen molar-refractivity contribution in [1.82, 2.24) is 5.32 Å². The number of ether oxygens (including phenoxy) is 1. The molecule has 0 unspecified atom stereocenters. The molecule has 0 radical (unpaired) electrons. The molecule has 2 N–H and O–H groups in total. The van der Waals surface area contributed by atoms with E-state index in [0.717, 1.165) is 27.3 Å². The third-order valence-electron chi connectivity index (χ3n) is 4.85. The molecule has 0 bridgehead atoms. The Bertz CT molecular complexity index is 1080. The van der Waals surface area contributed by atoms with E-state index < -0.39 is 0 Å². The number of anilines is 1. The minimum Gasteiger partial charge on any atom is -0.374 e. The molecule has 3 rings (SSSR count). The summed E-state index contributed by atoms with van der Waals surface area (Å²) in [5.41, 5.74) is 4.54. The molecule has 3 aromatic carbocycles. The lowest BCUT2D eigenvalue weighted by Crippen LogP contribution is -2.23. The molecule has 0 aromatic heterocycles. The van der Waals surface area contributed by atoms with Gasteiger partial charge in [-0.25, -0.2) is 0 Å². The molecule has 6 heteroatoms. The number of carbonyl (C=O) groups excluding carboxylic acids is 2. The van der Waals surface area contributed by atoms with E-state index >= 15 is 0 Å². The number of nitrogens with one attached hydrogen (secondary N) is 2. The van der Waals surface area contributed by atoms with Gasteiger partial charge >= 0.3 is 0 Å². The number of hydrogen-bond acceptors (Lipinski definition) is 4. The Hall–Kier alpha value is -3.09. The van der Waals surface area contributed by atoms with Gasteiger partial charge in [0.05, 0.1) is 24.0 Å². The highest BCUT2D eigenvalue weighted by atomic mass is 32.2. The first-order chi connectivity index (χ1) is 15.9. The first-order valence-electron chi connectivity index (χ1n) is 11.0. The average Bonchev–Trinajstić information content (AvgIpc) is 2.82. The van der Waals surface area contributed by atoms with Gasteiger partial charge in [-0.05, 0) is 56.2 Å². The summed E-state index contributed by atoms with van der Waals surface area (Å²) in [5.74, 6) is -0.0591. The van der Waals surface area contributed by atoms with E-state index in [-0.39, 0.29) is 23.7 Å². The molecule has 33 heavy (non-hydrogen) atoms. The van der Waals surface area contributed by atoms with Crippen LogP contribution in [0.1, 0.15) is 40.9 Å². The fourth-order valence-corrected chi connectivity index (χ4v) is 3.98. The predicted octanol–water partition coefficient (Wildman–Crippen LogP) is 5.58. The molecule has 5 nitrogen and oxygen atoms in total. The van der Waals surface area contributed by atoms with Crippen LogP contribution in [0.3, 0.4) is 0 Å². The number of benzene rings is 3. The van der Waals surface area contributed by atoms with Crippen LogP contribution in [0.5, 0.6) is 0 Å². The molecule has 0 saturated heterocycles. The molecule has 0 aliphatic rings. The van der Waals surface area contributed by atoms with Crippen LogP contribution in [0, 0.1) is 6.92 Å². The molecular weight excluding hydrogens is 432 g/mol. The van der Waals surface area contributed by atoms with Crippen LogP contribution in [0.15, 0.2) is 77.7 Å². The van der Waals surface area contributed by atoms with Gasteiger partial charge < -0.3 is 15.4 Å². The van der Waals surface area contributed by atoms with Gasteiger partial charge in [0.25, 0.3) is 5.91 Å². The smallest absolute Gasteiger partial charge is 0.252 e. The predicted molar refractivity (Wildman–Crippen MR) is 135 cm³/mol. The van der Waals surface area contributed by atoms with E-state index in [1.807, 2.05) is 87.5 Å². The van der Waals surface area contributed by atoms with Crippen molar-refractivity contribution >= 4 is 29.3 Å². The monoisotopic (exact) mass is 462 g/mol. The first kappa shape index (κ1) is 24.6. The molecular formula is C27H30N2O3S. The Morgan fingerprint density at radius 1 is 0.939 bits per heavy atom. The Labute approximate surface area is 199 Å². The van der Waals surface area contributed by atoms with Crippen molar-refractivity contribution in [2.75, 3.05) is 11.1 Å². The van der Waals surface area contributed by atoms with Crippen molar-refractivity contribution in [3.63, 3.8) is 0 Å². The van der Waals surface area contributed by atoms with Gasteiger partial charge in [0.1, 0.15) is 0 Å². The topological polar surface area (TPSA) is 67.4 Å². The van der Waals surface area contributed by atoms with E-state index in [4.69, 9.17) is 4.74 Å². The van der Waals surface area contributed by atoms with Gasteiger partial charge in [0.2, 0.25) is 5.91 Å². The van der Waals surface area contributed by atoms with Gasteiger partial charge in [-0.1, -0.05) is 54.1 Å². The Kier molecular flexibility index (Phi) is 9.10. The molecule has 0 fully saturated rings. The second-order valence-corrected chi connectivity index (χ2v) is 9.08. The Morgan fingerprint density at radius 3 is 2.42 bits per heavy atom. The molecule has 0 aliphatic carbocycles. The molecule has 0 spiro atoms. The molecule has 0 atom stereocenters. The van der Waals surface area contributed by atoms with E-state index in [0.29, 0.717) is 18.7 Å². The molecule has 0 heterocycles. The highest BCUT2D eigenvalue weighted by Gasteiger charge is 2.13. The summed E-state index contributed by atoms with van der Waals surface area (Å²) in [6, 6.07) is 23.0. The molecule has 2 amide bonds. The minimum absolute atomic E-state index is 0.112. The lowest BCUT2D eigenvalue weighted by molar-refractivity contribution is -0.113. The van der Waals surface area contributed by atoms with E-state index in [2.05, 4.69) is 10.6 Å². The van der Waals surface area contributed by atoms with Crippen LogP contribution < -0.4 is 10.6 Å². The number of amides is 2. The Balaban J connectivity index is 1.56. The minimum atomic E-state index is -0.166. The SMILES string of the molecule is Cc1ccc(NC(=O)CSc2ccccc2C(=O)NCc2cccc(COC(C)C)c2)cc1. The summed E-state index contributed by atoms with van der Waals surface area (Å²) >= 11 is 1.35. The second kappa shape index (κ2) is 12.2. The third-order valence-corrected chi connectivity index (χ3v) is 5.93. The number of rotatable bonds is 10. The van der Waals surface area contributed by atoms with Crippen LogP contribution in [-0.2, 0) is 22.7 Å². The van der Waals surface area contributed by atoms with Crippen molar-refractivity contribution in [1.29, 1.82) is 0 Å². The summed E-state index contributed by atoms with van der Waals surface area (Å²) in [4.78, 5) is 26.0. The van der Waals surface area contributed by atoms with Crippen molar-refractivity contribution in [2.24, 2.45) is 0 Å². The summed E-state index contributed by atoms with van der Waals surface area (Å²) in [7, 11) is 0. The quantitative estimate of drug-likeness (QED) is 0.386. The first-order valence-corrected chi connectivity index (χ1v) is 12.0. The van der Waals surface area contributed by atoms with E-state index in [1.54, 1.807) is 6.07 Å². The van der Waals surface area contributed by atoms with Gasteiger partial charge in [0.15, 0.2) is 0 Å². The van der Waals surface area contributed by atoms with Crippen molar-refractivity contribution in [3.8, 4) is 0 Å². The summed E-state index contributed by atoms with van der Waals surface area (Å²) in [5, 5.41) is 5.87. The number of carbonyl (C=O) groups is 2. The van der Waals surface area contributed by atoms with Gasteiger partial charge in [-0.15, -0.1) is 11.8 Å². The zero-order chi connectivity index (χ0) is 23.6. The van der Waals surface area contributed by atoms with Crippen molar-refractivity contribution < 1.29 is 14.3 Å².